The van der Waals surface area contributed by atoms with Crippen molar-refractivity contribution in [2.24, 2.45) is 0 Å². The highest BCUT2D eigenvalue weighted by molar-refractivity contribution is 5.26. The fraction of sp³-hybridized carbons (Fsp3) is 0.500. The molecular formula is C8H12N4. The highest BCUT2D eigenvalue weighted by Crippen LogP contribution is 2.09. The van der Waals surface area contributed by atoms with Crippen LogP contribution in [0.1, 0.15) is 11.3 Å². The summed E-state index contributed by atoms with van der Waals surface area (Å²) in [6.07, 6.45) is 3.81. The lowest BCUT2D eigenvalue weighted by molar-refractivity contribution is 0.708. The van der Waals surface area contributed by atoms with Crippen LogP contribution in [0.2, 0.25) is 0 Å². The number of hydrogen-bond donors (Lipinski definition) is 2. The van der Waals surface area contributed by atoms with Gasteiger partial charge in [-0.15, -0.1) is 0 Å². The fourth-order valence-electron chi connectivity index (χ4n) is 1.44. The summed E-state index contributed by atoms with van der Waals surface area (Å²) in [5.74, 6) is 0.385. The van der Waals surface area contributed by atoms with Gasteiger partial charge in [-0.2, -0.15) is 0 Å². The van der Waals surface area contributed by atoms with Gasteiger partial charge in [-0.05, 0) is 18.5 Å². The fourth-order valence-corrected chi connectivity index (χ4v) is 1.44. The molecule has 1 aromatic rings. The zero-order valence-corrected chi connectivity index (χ0v) is 6.88. The minimum atomic E-state index is 0.385. The summed E-state index contributed by atoms with van der Waals surface area (Å²) < 4.78 is 0. The van der Waals surface area contributed by atoms with Crippen molar-refractivity contribution in [2.75, 3.05) is 18.8 Å². The summed E-state index contributed by atoms with van der Waals surface area (Å²) in [7, 11) is 0. The Labute approximate surface area is 71.2 Å². The summed E-state index contributed by atoms with van der Waals surface area (Å²) in [5, 5.41) is 3.31. The Morgan fingerprint density at radius 2 is 2.17 bits per heavy atom. The third-order valence-electron chi connectivity index (χ3n) is 2.08. The Kier molecular flexibility index (Phi) is 1.91. The van der Waals surface area contributed by atoms with Crippen LogP contribution in [-0.2, 0) is 12.8 Å². The maximum Gasteiger partial charge on any atom is 0.220 e. The molecule has 4 nitrogen and oxygen atoms in total. The maximum atomic E-state index is 5.49. The van der Waals surface area contributed by atoms with Crippen molar-refractivity contribution in [1.29, 1.82) is 0 Å². The van der Waals surface area contributed by atoms with Crippen LogP contribution in [-0.4, -0.2) is 23.1 Å². The number of rotatable bonds is 0. The van der Waals surface area contributed by atoms with Gasteiger partial charge < -0.3 is 11.1 Å². The number of fused-ring (bicyclic) bond motifs is 1. The first kappa shape index (κ1) is 7.49. The van der Waals surface area contributed by atoms with Crippen molar-refractivity contribution < 1.29 is 0 Å². The number of anilines is 1. The van der Waals surface area contributed by atoms with Gasteiger partial charge in [-0.1, -0.05) is 0 Å². The molecule has 1 aromatic heterocycles. The molecule has 2 heterocycles. The minimum absolute atomic E-state index is 0.385. The molecule has 12 heavy (non-hydrogen) atoms. The minimum Gasteiger partial charge on any atom is -0.368 e. The van der Waals surface area contributed by atoms with Gasteiger partial charge in [0.05, 0.1) is 5.69 Å². The van der Waals surface area contributed by atoms with E-state index < -0.39 is 0 Å². The molecule has 64 valence electrons. The SMILES string of the molecule is Nc1ncc2c(n1)CCNCC2. The molecule has 3 N–H and O–H groups in total. The predicted molar refractivity (Wildman–Crippen MR) is 46.7 cm³/mol. The van der Waals surface area contributed by atoms with Crippen molar-refractivity contribution in [3.63, 3.8) is 0 Å². The van der Waals surface area contributed by atoms with E-state index in [2.05, 4.69) is 15.3 Å². The average Bonchev–Trinajstić information content (AvgIpc) is 2.28. The summed E-state index contributed by atoms with van der Waals surface area (Å²) in [6.45, 7) is 2.00. The second kappa shape index (κ2) is 3.06. The van der Waals surface area contributed by atoms with Gasteiger partial charge in [-0.3, -0.25) is 0 Å². The van der Waals surface area contributed by atoms with Gasteiger partial charge in [0.1, 0.15) is 0 Å². The molecule has 0 spiro atoms. The average molecular weight is 164 g/mol. The molecule has 0 radical (unpaired) electrons. The van der Waals surface area contributed by atoms with E-state index in [1.807, 2.05) is 6.20 Å². The second-order valence-electron chi connectivity index (χ2n) is 2.95. The van der Waals surface area contributed by atoms with E-state index in [-0.39, 0.29) is 0 Å². The van der Waals surface area contributed by atoms with Crippen LogP contribution in [0, 0.1) is 0 Å². The molecule has 0 saturated heterocycles. The van der Waals surface area contributed by atoms with E-state index in [1.54, 1.807) is 0 Å². The number of aromatic nitrogens is 2. The van der Waals surface area contributed by atoms with Gasteiger partial charge in [-0.25, -0.2) is 9.97 Å². The van der Waals surface area contributed by atoms with E-state index in [9.17, 15) is 0 Å². The van der Waals surface area contributed by atoms with Gasteiger partial charge >= 0.3 is 0 Å². The number of hydrogen-bond acceptors (Lipinski definition) is 4. The van der Waals surface area contributed by atoms with E-state index in [1.165, 1.54) is 5.56 Å². The van der Waals surface area contributed by atoms with Crippen LogP contribution in [0.5, 0.6) is 0 Å². The van der Waals surface area contributed by atoms with Crippen molar-refractivity contribution >= 4 is 5.95 Å². The predicted octanol–water partition coefficient (Wildman–Crippen LogP) is -0.253. The molecule has 0 amide bonds. The van der Waals surface area contributed by atoms with E-state index in [0.717, 1.165) is 31.6 Å². The zero-order chi connectivity index (χ0) is 8.39. The van der Waals surface area contributed by atoms with Crippen molar-refractivity contribution in [3.05, 3.63) is 17.5 Å². The summed E-state index contributed by atoms with van der Waals surface area (Å²) in [4.78, 5) is 8.17. The van der Waals surface area contributed by atoms with Gasteiger partial charge in [0.25, 0.3) is 0 Å². The van der Waals surface area contributed by atoms with Crippen molar-refractivity contribution in [3.8, 4) is 0 Å². The standard InChI is InChI=1S/C8H12N4/c9-8-11-5-6-1-3-10-4-2-7(6)12-8/h5,10H,1-4H2,(H2,9,11,12). The molecule has 0 bridgehead atoms. The highest BCUT2D eigenvalue weighted by atomic mass is 15.0. The number of nitrogens with zero attached hydrogens (tertiary/aromatic N) is 2. The van der Waals surface area contributed by atoms with E-state index in [4.69, 9.17) is 5.73 Å². The summed E-state index contributed by atoms with van der Waals surface area (Å²) in [5.41, 5.74) is 7.83. The topological polar surface area (TPSA) is 63.8 Å². The van der Waals surface area contributed by atoms with Crippen LogP contribution in [0.3, 0.4) is 0 Å². The molecular weight excluding hydrogens is 152 g/mol. The Morgan fingerprint density at radius 1 is 1.33 bits per heavy atom. The Hall–Kier alpha value is -1.16. The number of nitrogens with one attached hydrogen (secondary N) is 1. The Bertz CT molecular complexity index is 284. The van der Waals surface area contributed by atoms with Crippen LogP contribution < -0.4 is 11.1 Å². The second-order valence-corrected chi connectivity index (χ2v) is 2.95. The van der Waals surface area contributed by atoms with Crippen molar-refractivity contribution in [1.82, 2.24) is 15.3 Å². The molecule has 0 unspecified atom stereocenters. The molecule has 1 aliphatic rings. The van der Waals surface area contributed by atoms with Crippen LogP contribution in [0.15, 0.2) is 6.20 Å². The third kappa shape index (κ3) is 1.38. The Morgan fingerprint density at radius 3 is 3.08 bits per heavy atom. The smallest absolute Gasteiger partial charge is 0.220 e. The molecule has 0 aromatic carbocycles. The Balaban J connectivity index is 2.36. The summed E-state index contributed by atoms with van der Waals surface area (Å²) in [6, 6.07) is 0. The van der Waals surface area contributed by atoms with Crippen LogP contribution in [0.4, 0.5) is 5.95 Å². The lowest BCUT2D eigenvalue weighted by Crippen LogP contribution is -2.16. The van der Waals surface area contributed by atoms with Crippen molar-refractivity contribution in [2.45, 2.75) is 12.8 Å². The molecule has 0 saturated carbocycles. The monoisotopic (exact) mass is 164 g/mol. The molecule has 4 heteroatoms. The first-order chi connectivity index (χ1) is 5.86. The van der Waals surface area contributed by atoms with Gasteiger partial charge in [0.2, 0.25) is 5.95 Å². The lowest BCUT2D eigenvalue weighted by atomic mass is 10.1. The lowest BCUT2D eigenvalue weighted by Gasteiger charge is -2.02. The summed E-state index contributed by atoms with van der Waals surface area (Å²) >= 11 is 0. The van der Waals surface area contributed by atoms with Gasteiger partial charge in [0, 0.05) is 19.2 Å². The molecule has 1 aliphatic heterocycles. The molecule has 2 rings (SSSR count). The number of nitrogen functional groups attached to an aromatic ring is 1. The first-order valence-electron chi connectivity index (χ1n) is 4.17. The largest absolute Gasteiger partial charge is 0.368 e. The van der Waals surface area contributed by atoms with Crippen LogP contribution >= 0.6 is 0 Å². The molecule has 0 atom stereocenters. The number of nitrogens with two attached hydrogens (primary N) is 1. The van der Waals surface area contributed by atoms with E-state index in [0.29, 0.717) is 5.95 Å². The molecule has 0 fully saturated rings. The normalized spacial score (nSPS) is 16.7. The highest BCUT2D eigenvalue weighted by Gasteiger charge is 2.08. The zero-order valence-electron chi connectivity index (χ0n) is 6.88. The van der Waals surface area contributed by atoms with E-state index >= 15 is 0 Å². The third-order valence-corrected chi connectivity index (χ3v) is 2.08. The quantitative estimate of drug-likeness (QED) is 0.555. The van der Waals surface area contributed by atoms with Crippen LogP contribution in [0.25, 0.3) is 0 Å². The maximum absolute atomic E-state index is 5.49. The molecule has 0 aliphatic carbocycles. The van der Waals surface area contributed by atoms with Gasteiger partial charge in [0.15, 0.2) is 0 Å². The first-order valence-corrected chi connectivity index (χ1v) is 4.17.